The van der Waals surface area contributed by atoms with Crippen molar-refractivity contribution in [1.29, 1.82) is 0 Å². The number of carbonyl (C=O) groups excluding carboxylic acids is 2. The summed E-state index contributed by atoms with van der Waals surface area (Å²) in [5, 5.41) is 18.9. The maximum Gasteiger partial charge on any atom is 0.336 e. The van der Waals surface area contributed by atoms with E-state index in [1.54, 1.807) is 91.0 Å². The van der Waals surface area contributed by atoms with Crippen molar-refractivity contribution in [3.8, 4) is 0 Å². The molecule has 0 heterocycles. The molecule has 0 saturated carbocycles. The first-order valence-corrected chi connectivity index (χ1v) is 10.2. The van der Waals surface area contributed by atoms with E-state index >= 15 is 0 Å². The van der Waals surface area contributed by atoms with E-state index in [0.717, 1.165) is 0 Å². The summed E-state index contributed by atoms with van der Waals surface area (Å²) >= 11 is 0. The van der Waals surface area contributed by atoms with Crippen LogP contribution in [0.5, 0.6) is 0 Å². The monoisotopic (exact) mass is 438 g/mol. The number of carboxylic acid groups (broad SMARTS) is 1. The summed E-state index contributed by atoms with van der Waals surface area (Å²) in [6.07, 6.45) is -1.08. The quantitative estimate of drug-likeness (QED) is 0.403. The lowest BCUT2D eigenvalue weighted by Crippen LogP contribution is -2.11. The molecule has 5 nitrogen and oxygen atoms in total. The van der Waals surface area contributed by atoms with Gasteiger partial charge in [-0.3, -0.25) is 9.59 Å². The average molecular weight is 438 g/mol. The van der Waals surface area contributed by atoms with Crippen molar-refractivity contribution in [3.05, 3.63) is 143 Å². The lowest BCUT2D eigenvalue weighted by atomic mass is 9.98. The van der Waals surface area contributed by atoms with Crippen molar-refractivity contribution in [3.63, 3.8) is 0 Å². The highest BCUT2D eigenvalue weighted by molar-refractivity contribution is 6.14. The van der Waals surface area contributed by atoms with Gasteiger partial charge in [0.25, 0.3) is 0 Å². The highest BCUT2D eigenvalue weighted by Crippen LogP contribution is 2.18. The van der Waals surface area contributed by atoms with Crippen molar-refractivity contribution in [2.75, 3.05) is 0 Å². The van der Waals surface area contributed by atoms with Gasteiger partial charge in [0, 0.05) is 16.7 Å². The summed E-state index contributed by atoms with van der Waals surface area (Å²) in [4.78, 5) is 35.0. The molecule has 1 atom stereocenters. The van der Waals surface area contributed by atoms with Gasteiger partial charge in [0.05, 0.1) is 5.56 Å². The minimum atomic E-state index is -1.09. The predicted molar refractivity (Wildman–Crippen MR) is 125 cm³/mol. The summed E-state index contributed by atoms with van der Waals surface area (Å²) in [7, 11) is 0. The number of Topliss-reactive ketones (excluding diaryl/α,β-unsaturated/α-hetero) is 1. The first kappa shape index (κ1) is 23.3. The van der Waals surface area contributed by atoms with Gasteiger partial charge in [-0.1, -0.05) is 109 Å². The Balaban J connectivity index is 0.000000186. The van der Waals surface area contributed by atoms with Gasteiger partial charge in [0.1, 0.15) is 6.10 Å². The summed E-state index contributed by atoms with van der Waals surface area (Å²) in [6.45, 7) is 0. The van der Waals surface area contributed by atoms with Gasteiger partial charge in [-0.2, -0.15) is 0 Å². The molecule has 0 amide bonds. The van der Waals surface area contributed by atoms with Crippen LogP contribution < -0.4 is 0 Å². The second-order valence-electron chi connectivity index (χ2n) is 7.09. The number of carbonyl (C=O) groups is 3. The molecule has 0 fully saturated rings. The van der Waals surface area contributed by atoms with Gasteiger partial charge in [0.2, 0.25) is 0 Å². The molecule has 0 aliphatic carbocycles. The van der Waals surface area contributed by atoms with Gasteiger partial charge < -0.3 is 10.2 Å². The summed E-state index contributed by atoms with van der Waals surface area (Å²) in [6, 6.07) is 32.6. The SMILES string of the molecule is O=C(O)c1ccccc1C(=O)c1ccccc1.O=C(c1ccccc1)C(O)c1ccccc1. The Hall–Kier alpha value is -4.35. The minimum Gasteiger partial charge on any atom is -0.478 e. The molecule has 1 unspecified atom stereocenters. The van der Waals surface area contributed by atoms with E-state index < -0.39 is 12.1 Å². The van der Waals surface area contributed by atoms with Crippen molar-refractivity contribution in [2.24, 2.45) is 0 Å². The van der Waals surface area contributed by atoms with E-state index in [1.165, 1.54) is 12.1 Å². The molecule has 0 aliphatic heterocycles. The highest BCUT2D eigenvalue weighted by atomic mass is 16.4. The van der Waals surface area contributed by atoms with Crippen LogP contribution in [-0.2, 0) is 0 Å². The van der Waals surface area contributed by atoms with E-state index in [4.69, 9.17) is 5.11 Å². The average Bonchev–Trinajstić information content (AvgIpc) is 2.89. The topological polar surface area (TPSA) is 91.7 Å². The van der Waals surface area contributed by atoms with Crippen LogP contribution in [0.4, 0.5) is 0 Å². The molecule has 0 aliphatic rings. The third kappa shape index (κ3) is 6.09. The van der Waals surface area contributed by atoms with Crippen molar-refractivity contribution < 1.29 is 24.6 Å². The van der Waals surface area contributed by atoms with E-state index in [-0.39, 0.29) is 22.7 Å². The second kappa shape index (κ2) is 11.3. The Morgan fingerprint density at radius 1 is 0.545 bits per heavy atom. The standard InChI is InChI=1S/C14H10O3.C14H12O2/c15-13(10-6-2-1-3-7-10)11-8-4-5-9-12(11)14(16)17;15-13(11-7-3-1-4-8-11)14(16)12-9-5-2-6-10-12/h1-9H,(H,16,17);1-10,13,15H. The lowest BCUT2D eigenvalue weighted by molar-refractivity contribution is 0.0692. The molecule has 0 radical (unpaired) electrons. The maximum absolute atomic E-state index is 12.1. The van der Waals surface area contributed by atoms with Gasteiger partial charge in [-0.15, -0.1) is 0 Å². The predicted octanol–water partition coefficient (Wildman–Crippen LogP) is 5.22. The Morgan fingerprint density at radius 2 is 0.970 bits per heavy atom. The molecule has 33 heavy (non-hydrogen) atoms. The fourth-order valence-corrected chi connectivity index (χ4v) is 3.16. The molecule has 5 heteroatoms. The molecule has 4 rings (SSSR count). The van der Waals surface area contributed by atoms with Gasteiger partial charge in [-0.25, -0.2) is 4.79 Å². The van der Waals surface area contributed by atoms with Crippen molar-refractivity contribution in [1.82, 2.24) is 0 Å². The zero-order valence-electron chi connectivity index (χ0n) is 17.7. The van der Waals surface area contributed by atoms with Crippen LogP contribution in [0.15, 0.2) is 115 Å². The Bertz CT molecular complexity index is 1220. The van der Waals surface area contributed by atoms with Crippen LogP contribution in [0.3, 0.4) is 0 Å². The number of carboxylic acids is 1. The highest BCUT2D eigenvalue weighted by Gasteiger charge is 2.18. The fraction of sp³-hybridized carbons (Fsp3) is 0.0357. The molecular formula is C28H22O5. The van der Waals surface area contributed by atoms with Crippen LogP contribution in [0.2, 0.25) is 0 Å². The number of aromatic carboxylic acids is 1. The number of benzene rings is 4. The van der Waals surface area contributed by atoms with Crippen LogP contribution in [0, 0.1) is 0 Å². The van der Waals surface area contributed by atoms with Gasteiger partial charge in [0.15, 0.2) is 11.6 Å². The Labute approximate surface area is 191 Å². The second-order valence-corrected chi connectivity index (χ2v) is 7.09. The van der Waals surface area contributed by atoms with E-state index in [9.17, 15) is 19.5 Å². The van der Waals surface area contributed by atoms with Gasteiger partial charge >= 0.3 is 5.97 Å². The van der Waals surface area contributed by atoms with Crippen LogP contribution in [-0.4, -0.2) is 27.7 Å². The third-order valence-corrected chi connectivity index (χ3v) is 4.86. The number of aliphatic hydroxyl groups is 1. The molecule has 0 bridgehead atoms. The number of hydrogen-bond donors (Lipinski definition) is 2. The van der Waals surface area contributed by atoms with Crippen LogP contribution >= 0.6 is 0 Å². The molecule has 0 aromatic heterocycles. The van der Waals surface area contributed by atoms with Crippen molar-refractivity contribution in [2.45, 2.75) is 6.10 Å². The Kier molecular flexibility index (Phi) is 8.00. The molecule has 164 valence electrons. The van der Waals surface area contributed by atoms with E-state index in [1.807, 2.05) is 12.1 Å². The number of rotatable bonds is 6. The minimum absolute atomic E-state index is 0.0290. The van der Waals surface area contributed by atoms with Crippen molar-refractivity contribution >= 4 is 17.5 Å². The molecule has 2 N–H and O–H groups in total. The fourth-order valence-electron chi connectivity index (χ4n) is 3.16. The zero-order valence-corrected chi connectivity index (χ0v) is 17.7. The number of aliphatic hydroxyl groups excluding tert-OH is 1. The zero-order chi connectivity index (χ0) is 23.6. The smallest absolute Gasteiger partial charge is 0.336 e. The Morgan fingerprint density at radius 3 is 1.48 bits per heavy atom. The molecule has 0 spiro atoms. The van der Waals surface area contributed by atoms with Crippen LogP contribution in [0.25, 0.3) is 0 Å². The molecule has 4 aromatic rings. The van der Waals surface area contributed by atoms with Gasteiger partial charge in [-0.05, 0) is 11.6 Å². The summed E-state index contributed by atoms with van der Waals surface area (Å²) in [5.41, 5.74) is 1.88. The van der Waals surface area contributed by atoms with E-state index in [2.05, 4.69) is 0 Å². The third-order valence-electron chi connectivity index (χ3n) is 4.86. The summed E-state index contributed by atoms with van der Waals surface area (Å²) in [5.74, 6) is -1.64. The number of ketones is 2. The lowest BCUT2D eigenvalue weighted by Gasteiger charge is -2.09. The van der Waals surface area contributed by atoms with Crippen LogP contribution in [0.1, 0.15) is 48.3 Å². The molecule has 0 saturated heterocycles. The first-order chi connectivity index (χ1) is 16.0. The normalized spacial score (nSPS) is 10.9. The first-order valence-electron chi connectivity index (χ1n) is 10.2. The van der Waals surface area contributed by atoms with E-state index in [0.29, 0.717) is 16.7 Å². The maximum atomic E-state index is 12.1. The summed E-state index contributed by atoms with van der Waals surface area (Å²) < 4.78 is 0. The largest absolute Gasteiger partial charge is 0.478 e. The molecular weight excluding hydrogens is 416 g/mol. The molecule has 4 aromatic carbocycles. The number of hydrogen-bond acceptors (Lipinski definition) is 4.